The average Bonchev–Trinajstić information content (AvgIpc) is 3.41. The van der Waals surface area contributed by atoms with Gasteiger partial charge in [0.15, 0.2) is 0 Å². The minimum Gasteiger partial charge on any atom is -0.298 e. The Hall–Kier alpha value is -3.07. The zero-order chi connectivity index (χ0) is 20.9. The molecule has 0 radical (unpaired) electrons. The molecule has 1 fully saturated rings. The van der Waals surface area contributed by atoms with E-state index in [-0.39, 0.29) is 17.8 Å². The standard InChI is InChI=1S/C21H23FN6O2/c1-25-10-16(9-23-25)11-26-7-6-21(13-26)8-18-24-28(20(30)19(29)27(18)14-21)12-15-2-4-17(22)5-3-15/h2-5,9-10H,6-8,11-14H2,1H3/t21-/m0/s1. The Morgan fingerprint density at radius 2 is 1.87 bits per heavy atom. The Kier molecular flexibility index (Phi) is 4.43. The summed E-state index contributed by atoms with van der Waals surface area (Å²) >= 11 is 0. The van der Waals surface area contributed by atoms with Crippen molar-refractivity contribution in [1.29, 1.82) is 0 Å². The molecule has 1 aromatic carbocycles. The number of aromatic nitrogens is 5. The first kappa shape index (κ1) is 18.9. The Bertz CT molecular complexity index is 1210. The number of hydrogen-bond donors (Lipinski definition) is 0. The van der Waals surface area contributed by atoms with Crippen molar-refractivity contribution in [3.63, 3.8) is 0 Å². The monoisotopic (exact) mass is 410 g/mol. The van der Waals surface area contributed by atoms with Crippen LogP contribution in [0.3, 0.4) is 0 Å². The summed E-state index contributed by atoms with van der Waals surface area (Å²) in [6.07, 6.45) is 5.53. The number of likely N-dealkylation sites (tertiary alicyclic amines) is 1. The molecule has 30 heavy (non-hydrogen) atoms. The van der Waals surface area contributed by atoms with E-state index >= 15 is 0 Å². The van der Waals surface area contributed by atoms with Crippen LogP contribution in [-0.2, 0) is 33.1 Å². The fourth-order valence-corrected chi connectivity index (χ4v) is 4.72. The van der Waals surface area contributed by atoms with E-state index in [1.165, 1.54) is 22.4 Å². The summed E-state index contributed by atoms with van der Waals surface area (Å²) in [5.74, 6) is 0.317. The summed E-state index contributed by atoms with van der Waals surface area (Å²) < 4.78 is 17.7. The normalized spacial score (nSPS) is 20.9. The molecule has 2 aliphatic heterocycles. The second kappa shape index (κ2) is 7.02. The lowest BCUT2D eigenvalue weighted by Gasteiger charge is -2.22. The summed E-state index contributed by atoms with van der Waals surface area (Å²) in [4.78, 5) is 27.7. The Morgan fingerprint density at radius 1 is 1.07 bits per heavy atom. The molecule has 2 aromatic heterocycles. The van der Waals surface area contributed by atoms with Crippen molar-refractivity contribution in [2.45, 2.75) is 32.5 Å². The first-order valence-corrected chi connectivity index (χ1v) is 10.1. The highest BCUT2D eigenvalue weighted by Gasteiger charge is 2.44. The van der Waals surface area contributed by atoms with Gasteiger partial charge in [-0.25, -0.2) is 9.07 Å². The van der Waals surface area contributed by atoms with Crippen LogP contribution in [-0.4, -0.2) is 42.1 Å². The van der Waals surface area contributed by atoms with E-state index in [9.17, 15) is 14.0 Å². The van der Waals surface area contributed by atoms with Crippen LogP contribution in [0, 0.1) is 11.2 Å². The Labute approximate surface area is 172 Å². The van der Waals surface area contributed by atoms with E-state index in [4.69, 9.17) is 0 Å². The van der Waals surface area contributed by atoms with Gasteiger partial charge >= 0.3 is 11.1 Å². The van der Waals surface area contributed by atoms with E-state index in [1.807, 2.05) is 19.4 Å². The van der Waals surface area contributed by atoms with Crippen molar-refractivity contribution in [3.05, 3.63) is 80.1 Å². The molecule has 0 amide bonds. The van der Waals surface area contributed by atoms with Crippen LogP contribution >= 0.6 is 0 Å². The molecular formula is C21H23FN6O2. The smallest absolute Gasteiger partial charge is 0.298 e. The van der Waals surface area contributed by atoms with Gasteiger partial charge in [-0.1, -0.05) is 12.1 Å². The third-order valence-corrected chi connectivity index (χ3v) is 6.16. The van der Waals surface area contributed by atoms with Crippen LogP contribution in [0.25, 0.3) is 0 Å². The molecule has 2 aliphatic rings. The average molecular weight is 410 g/mol. The lowest BCUT2D eigenvalue weighted by atomic mass is 9.86. The van der Waals surface area contributed by atoms with Gasteiger partial charge in [0.05, 0.1) is 12.7 Å². The van der Waals surface area contributed by atoms with E-state index in [2.05, 4.69) is 15.1 Å². The predicted molar refractivity (Wildman–Crippen MR) is 107 cm³/mol. The molecule has 0 aliphatic carbocycles. The van der Waals surface area contributed by atoms with Crippen molar-refractivity contribution in [2.24, 2.45) is 12.5 Å². The first-order chi connectivity index (χ1) is 14.4. The van der Waals surface area contributed by atoms with Gasteiger partial charge < -0.3 is 0 Å². The topological polar surface area (TPSA) is 78.0 Å². The Balaban J connectivity index is 1.36. The molecule has 0 N–H and O–H groups in total. The Morgan fingerprint density at radius 3 is 2.60 bits per heavy atom. The maximum Gasteiger partial charge on any atom is 0.332 e. The fourth-order valence-electron chi connectivity index (χ4n) is 4.72. The van der Waals surface area contributed by atoms with Crippen molar-refractivity contribution in [1.82, 2.24) is 29.0 Å². The van der Waals surface area contributed by atoms with Crippen molar-refractivity contribution >= 4 is 0 Å². The van der Waals surface area contributed by atoms with Gasteiger partial charge in [0.2, 0.25) is 0 Å². The first-order valence-electron chi connectivity index (χ1n) is 10.1. The van der Waals surface area contributed by atoms with Crippen molar-refractivity contribution < 1.29 is 4.39 Å². The molecule has 1 saturated heterocycles. The minimum absolute atomic E-state index is 0.0666. The van der Waals surface area contributed by atoms with Gasteiger partial charge in [0, 0.05) is 50.3 Å². The zero-order valence-corrected chi connectivity index (χ0v) is 16.8. The molecule has 156 valence electrons. The highest BCUT2D eigenvalue weighted by molar-refractivity contribution is 5.16. The van der Waals surface area contributed by atoms with Gasteiger partial charge in [-0.3, -0.25) is 23.7 Å². The van der Waals surface area contributed by atoms with Gasteiger partial charge in [0.1, 0.15) is 11.6 Å². The maximum absolute atomic E-state index is 13.1. The van der Waals surface area contributed by atoms with E-state index < -0.39 is 11.1 Å². The molecule has 1 spiro atoms. The van der Waals surface area contributed by atoms with Crippen LogP contribution in [0.4, 0.5) is 4.39 Å². The third-order valence-electron chi connectivity index (χ3n) is 6.16. The van der Waals surface area contributed by atoms with E-state index in [0.29, 0.717) is 18.8 Å². The fraction of sp³-hybridized carbons (Fsp3) is 0.429. The molecule has 0 bridgehead atoms. The summed E-state index contributed by atoms with van der Waals surface area (Å²) in [5.41, 5.74) is 0.670. The van der Waals surface area contributed by atoms with E-state index in [0.717, 1.165) is 31.6 Å². The van der Waals surface area contributed by atoms with E-state index in [1.54, 1.807) is 21.4 Å². The van der Waals surface area contributed by atoms with Gasteiger partial charge in [-0.05, 0) is 30.7 Å². The molecule has 3 aromatic rings. The third kappa shape index (κ3) is 3.39. The van der Waals surface area contributed by atoms with Gasteiger partial charge in [-0.15, -0.1) is 0 Å². The molecule has 0 saturated carbocycles. The molecule has 4 heterocycles. The molecule has 9 heteroatoms. The minimum atomic E-state index is -0.634. The number of rotatable bonds is 4. The number of hydrogen-bond acceptors (Lipinski definition) is 5. The highest BCUT2D eigenvalue weighted by Crippen LogP contribution is 2.39. The zero-order valence-electron chi connectivity index (χ0n) is 16.8. The van der Waals surface area contributed by atoms with Crippen molar-refractivity contribution in [3.8, 4) is 0 Å². The second-order valence-electron chi connectivity index (χ2n) is 8.56. The van der Waals surface area contributed by atoms with Crippen LogP contribution in [0.15, 0.2) is 46.2 Å². The summed E-state index contributed by atoms with van der Waals surface area (Å²) in [7, 11) is 1.91. The summed E-state index contributed by atoms with van der Waals surface area (Å²) in [6.45, 7) is 3.31. The SMILES string of the molecule is Cn1cc(CN2CC[C@]3(Cc4nn(Cc5ccc(F)cc5)c(=O)c(=O)n4C3)C2)cn1. The number of halogens is 1. The van der Waals surface area contributed by atoms with Gasteiger partial charge in [-0.2, -0.15) is 10.2 Å². The number of fused-ring (bicyclic) bond motifs is 1. The molecule has 8 nitrogen and oxygen atoms in total. The molecule has 0 unspecified atom stereocenters. The largest absolute Gasteiger partial charge is 0.332 e. The van der Waals surface area contributed by atoms with Gasteiger partial charge in [0.25, 0.3) is 0 Å². The summed E-state index contributed by atoms with van der Waals surface area (Å²) in [6, 6.07) is 5.88. The molecule has 5 rings (SSSR count). The second-order valence-corrected chi connectivity index (χ2v) is 8.56. The number of nitrogens with zero attached hydrogens (tertiary/aromatic N) is 6. The highest BCUT2D eigenvalue weighted by atomic mass is 19.1. The quantitative estimate of drug-likeness (QED) is 0.594. The van der Waals surface area contributed by atoms with Crippen LogP contribution in [0.2, 0.25) is 0 Å². The lowest BCUT2D eigenvalue weighted by molar-refractivity contribution is 0.246. The summed E-state index contributed by atoms with van der Waals surface area (Å²) in [5, 5.41) is 8.73. The number of benzene rings is 1. The van der Waals surface area contributed by atoms with Crippen molar-refractivity contribution in [2.75, 3.05) is 13.1 Å². The van der Waals surface area contributed by atoms with Crippen LogP contribution < -0.4 is 11.1 Å². The molecule has 1 atom stereocenters. The van der Waals surface area contributed by atoms with Crippen LogP contribution in [0.1, 0.15) is 23.4 Å². The maximum atomic E-state index is 13.1. The number of aryl methyl sites for hydroxylation is 1. The lowest BCUT2D eigenvalue weighted by Crippen LogP contribution is -2.43. The predicted octanol–water partition coefficient (Wildman–Crippen LogP) is 0.774. The molecular weight excluding hydrogens is 387 g/mol. The van der Waals surface area contributed by atoms with Crippen LogP contribution in [0.5, 0.6) is 0 Å².